The van der Waals surface area contributed by atoms with E-state index in [0.717, 1.165) is 16.6 Å². The van der Waals surface area contributed by atoms with Crippen LogP contribution in [0.4, 0.5) is 0 Å². The van der Waals surface area contributed by atoms with Crippen molar-refractivity contribution in [3.05, 3.63) is 28.2 Å². The van der Waals surface area contributed by atoms with Crippen molar-refractivity contribution in [2.45, 2.75) is 35.9 Å². The SMILES string of the molecule is CCC(N)C(Sc1nc(C)ns1)c1ccsc1. The molecule has 3 nitrogen and oxygen atoms in total. The highest BCUT2D eigenvalue weighted by molar-refractivity contribution is 8.01. The maximum absolute atomic E-state index is 6.20. The molecule has 92 valence electrons. The topological polar surface area (TPSA) is 51.8 Å². The summed E-state index contributed by atoms with van der Waals surface area (Å²) in [5.74, 6) is 0.839. The van der Waals surface area contributed by atoms with E-state index in [1.54, 1.807) is 23.1 Å². The first-order valence-corrected chi connectivity index (χ1v) is 8.05. The van der Waals surface area contributed by atoms with E-state index in [0.29, 0.717) is 0 Å². The van der Waals surface area contributed by atoms with E-state index in [1.807, 2.05) is 6.92 Å². The van der Waals surface area contributed by atoms with Crippen LogP contribution in [0.3, 0.4) is 0 Å². The van der Waals surface area contributed by atoms with Gasteiger partial charge in [-0.3, -0.25) is 0 Å². The molecule has 0 amide bonds. The minimum absolute atomic E-state index is 0.152. The summed E-state index contributed by atoms with van der Waals surface area (Å²) in [6.07, 6.45) is 0.964. The maximum Gasteiger partial charge on any atom is 0.170 e. The molecule has 0 aliphatic rings. The van der Waals surface area contributed by atoms with E-state index in [4.69, 9.17) is 5.73 Å². The van der Waals surface area contributed by atoms with Crippen LogP contribution in [0, 0.1) is 6.92 Å². The van der Waals surface area contributed by atoms with Crippen LogP contribution in [0.2, 0.25) is 0 Å². The Kier molecular flexibility index (Phi) is 4.55. The van der Waals surface area contributed by atoms with Crippen molar-refractivity contribution in [2.75, 3.05) is 0 Å². The van der Waals surface area contributed by atoms with Crippen molar-refractivity contribution >= 4 is 34.6 Å². The van der Waals surface area contributed by atoms with Gasteiger partial charge in [0, 0.05) is 6.04 Å². The van der Waals surface area contributed by atoms with Gasteiger partial charge in [0.2, 0.25) is 0 Å². The Morgan fingerprint density at radius 1 is 1.53 bits per heavy atom. The molecule has 0 fully saturated rings. The molecule has 0 radical (unpaired) electrons. The van der Waals surface area contributed by atoms with Crippen molar-refractivity contribution in [1.82, 2.24) is 9.36 Å². The molecule has 0 spiro atoms. The lowest BCUT2D eigenvalue weighted by atomic mass is 10.1. The number of hydrogen-bond donors (Lipinski definition) is 1. The lowest BCUT2D eigenvalue weighted by Crippen LogP contribution is -2.25. The fourth-order valence-electron chi connectivity index (χ4n) is 1.49. The minimum atomic E-state index is 0.152. The fourth-order valence-corrected chi connectivity index (χ4v) is 4.34. The van der Waals surface area contributed by atoms with Crippen LogP contribution < -0.4 is 5.73 Å². The molecular weight excluding hydrogens is 270 g/mol. The Morgan fingerprint density at radius 2 is 2.35 bits per heavy atom. The second kappa shape index (κ2) is 5.95. The van der Waals surface area contributed by atoms with Crippen LogP contribution in [-0.4, -0.2) is 15.4 Å². The number of hydrogen-bond acceptors (Lipinski definition) is 6. The predicted molar refractivity (Wildman–Crippen MR) is 75.8 cm³/mol. The number of aryl methyl sites for hydroxylation is 1. The first-order chi connectivity index (χ1) is 8.20. The van der Waals surface area contributed by atoms with Gasteiger partial charge in [-0.05, 0) is 47.3 Å². The first kappa shape index (κ1) is 13.0. The molecule has 0 saturated carbocycles. The van der Waals surface area contributed by atoms with Gasteiger partial charge in [0.1, 0.15) is 5.82 Å². The summed E-state index contributed by atoms with van der Waals surface area (Å²) in [6.45, 7) is 4.04. The average molecular weight is 285 g/mol. The third-order valence-corrected chi connectivity index (χ3v) is 5.45. The minimum Gasteiger partial charge on any atom is -0.326 e. The number of nitrogens with zero attached hydrogens (tertiary/aromatic N) is 2. The van der Waals surface area contributed by atoms with E-state index in [-0.39, 0.29) is 11.3 Å². The highest BCUT2D eigenvalue weighted by Gasteiger charge is 2.21. The molecule has 0 aliphatic heterocycles. The Balaban J connectivity index is 2.17. The highest BCUT2D eigenvalue weighted by atomic mass is 32.2. The molecule has 2 atom stereocenters. The van der Waals surface area contributed by atoms with Gasteiger partial charge in [-0.2, -0.15) is 15.7 Å². The molecule has 2 unspecified atom stereocenters. The molecule has 0 bridgehead atoms. The lowest BCUT2D eigenvalue weighted by molar-refractivity contribution is 0.635. The van der Waals surface area contributed by atoms with E-state index < -0.39 is 0 Å². The van der Waals surface area contributed by atoms with Gasteiger partial charge in [0.25, 0.3) is 0 Å². The van der Waals surface area contributed by atoms with Crippen molar-refractivity contribution in [1.29, 1.82) is 0 Å². The van der Waals surface area contributed by atoms with Gasteiger partial charge in [0.15, 0.2) is 4.34 Å². The largest absolute Gasteiger partial charge is 0.326 e. The van der Waals surface area contributed by atoms with Crippen molar-refractivity contribution in [3.63, 3.8) is 0 Å². The molecule has 2 aromatic rings. The second-order valence-electron chi connectivity index (χ2n) is 3.77. The van der Waals surface area contributed by atoms with Crippen LogP contribution in [-0.2, 0) is 0 Å². The smallest absolute Gasteiger partial charge is 0.170 e. The van der Waals surface area contributed by atoms with Crippen LogP contribution in [0.15, 0.2) is 21.2 Å². The van der Waals surface area contributed by atoms with Crippen molar-refractivity contribution in [3.8, 4) is 0 Å². The van der Waals surface area contributed by atoms with Crippen LogP contribution in [0.25, 0.3) is 0 Å². The van der Waals surface area contributed by atoms with Gasteiger partial charge in [0.05, 0.1) is 5.25 Å². The molecule has 0 aromatic carbocycles. The molecule has 17 heavy (non-hydrogen) atoms. The quantitative estimate of drug-likeness (QED) is 0.855. The van der Waals surface area contributed by atoms with Crippen LogP contribution in [0.5, 0.6) is 0 Å². The van der Waals surface area contributed by atoms with E-state index >= 15 is 0 Å². The standard InChI is InChI=1S/C11H15N3S3/c1-3-9(12)10(8-4-5-15-6-8)16-11-13-7(2)14-17-11/h4-6,9-10H,3,12H2,1-2H3. The molecule has 0 saturated heterocycles. The summed E-state index contributed by atoms with van der Waals surface area (Å²) in [6, 6.07) is 2.30. The van der Waals surface area contributed by atoms with E-state index in [9.17, 15) is 0 Å². The molecular formula is C11H15N3S3. The Labute approximate surface area is 114 Å². The van der Waals surface area contributed by atoms with Crippen molar-refractivity contribution < 1.29 is 0 Å². The van der Waals surface area contributed by atoms with E-state index in [2.05, 4.69) is 33.1 Å². The predicted octanol–water partition coefficient (Wildman–Crippen LogP) is 3.48. The molecule has 6 heteroatoms. The summed E-state index contributed by atoms with van der Waals surface area (Å²) in [4.78, 5) is 4.40. The number of nitrogens with two attached hydrogens (primary N) is 1. The number of aromatic nitrogens is 2. The van der Waals surface area contributed by atoms with Gasteiger partial charge in [-0.15, -0.1) is 0 Å². The second-order valence-corrected chi connectivity index (χ2v) is 6.70. The molecule has 2 N–H and O–H groups in total. The molecule has 2 rings (SSSR count). The van der Waals surface area contributed by atoms with Gasteiger partial charge < -0.3 is 5.73 Å². The van der Waals surface area contributed by atoms with Gasteiger partial charge in [-0.25, -0.2) is 4.98 Å². The molecule has 2 heterocycles. The van der Waals surface area contributed by atoms with Gasteiger partial charge in [-0.1, -0.05) is 18.7 Å². The summed E-state index contributed by atoms with van der Waals surface area (Å²) >= 11 is 4.89. The average Bonchev–Trinajstić information content (AvgIpc) is 2.96. The zero-order valence-corrected chi connectivity index (χ0v) is 12.2. The number of thiophene rings is 1. The van der Waals surface area contributed by atoms with Crippen LogP contribution in [0.1, 0.15) is 30.0 Å². The monoisotopic (exact) mass is 285 g/mol. The third kappa shape index (κ3) is 3.28. The summed E-state index contributed by atoms with van der Waals surface area (Å²) in [7, 11) is 0. The Hall–Kier alpha value is -0.430. The molecule has 0 aliphatic carbocycles. The lowest BCUT2D eigenvalue weighted by Gasteiger charge is -2.20. The van der Waals surface area contributed by atoms with Gasteiger partial charge >= 0.3 is 0 Å². The first-order valence-electron chi connectivity index (χ1n) is 5.45. The maximum atomic E-state index is 6.20. The Bertz CT molecular complexity index is 452. The van der Waals surface area contributed by atoms with E-state index in [1.165, 1.54) is 17.1 Å². The summed E-state index contributed by atoms with van der Waals surface area (Å²) in [5.41, 5.74) is 7.50. The zero-order valence-electron chi connectivity index (χ0n) is 9.79. The third-order valence-electron chi connectivity index (χ3n) is 2.47. The van der Waals surface area contributed by atoms with Crippen LogP contribution >= 0.6 is 34.6 Å². The summed E-state index contributed by atoms with van der Waals surface area (Å²) < 4.78 is 5.21. The normalized spacial score (nSPS) is 14.8. The molecule has 2 aromatic heterocycles. The number of rotatable bonds is 5. The number of thioether (sulfide) groups is 1. The van der Waals surface area contributed by atoms with Crippen molar-refractivity contribution in [2.24, 2.45) is 5.73 Å². The zero-order chi connectivity index (χ0) is 12.3. The summed E-state index contributed by atoms with van der Waals surface area (Å²) in [5, 5.41) is 4.54. The fraction of sp³-hybridized carbons (Fsp3) is 0.455. The highest BCUT2D eigenvalue weighted by Crippen LogP contribution is 2.39. The Morgan fingerprint density at radius 3 is 2.88 bits per heavy atom.